The van der Waals surface area contributed by atoms with Gasteiger partial charge in [0.25, 0.3) is 11.8 Å². The van der Waals surface area contributed by atoms with Gasteiger partial charge in [-0.05, 0) is 123 Å². The Kier molecular flexibility index (Phi) is 19.8. The molecule has 0 radical (unpaired) electrons. The molecule has 1 N–H and O–H groups in total. The molecule has 2 aromatic heterocycles. The standard InChI is InChI=1S/C60H70N7O12P/c1-40(2)65(58(69)44-21-27-48(72-8)28-22-44)33-34-77-80(70)60(66-39-63-52-55(61-38-62-56(52)66)64-57(68)43-17-13-11-14-18-43)54(75-36-35-71-7)53(79-67(41(3)4)42(5)6)51(78-60)37-76-59(45-19-15-12-16-20-45,46-23-29-49(73-9)30-24-46)47-25-31-50(74-10)32-26-47/h11-32,38-42,51,53-54H,33-37H2,1-10H3/p+1/t51-,53-,54-,60+/m1/s1. The van der Waals surface area contributed by atoms with Crippen molar-refractivity contribution in [3.05, 3.63) is 174 Å². The predicted octanol–water partition coefficient (Wildman–Crippen LogP) is 9.88. The van der Waals surface area contributed by atoms with Gasteiger partial charge in [0.05, 0.1) is 41.2 Å². The summed E-state index contributed by atoms with van der Waals surface area (Å²) in [6, 6.07) is 40.0. The maximum Gasteiger partial charge on any atom is 0.571 e. The average Bonchev–Trinajstić information content (AvgIpc) is 4.26. The summed E-state index contributed by atoms with van der Waals surface area (Å²) in [5, 5.41) is 4.72. The number of hydrogen-bond donors (Lipinski definition) is 1. The molecule has 0 saturated carbocycles. The number of ether oxygens (including phenoxy) is 7. The third-order valence-electron chi connectivity index (χ3n) is 13.8. The molecule has 80 heavy (non-hydrogen) atoms. The van der Waals surface area contributed by atoms with Gasteiger partial charge in [-0.25, -0.2) is 19.5 Å². The van der Waals surface area contributed by atoms with E-state index in [-0.39, 0.29) is 74.0 Å². The molecule has 5 atom stereocenters. The molecule has 19 nitrogen and oxygen atoms in total. The molecule has 0 spiro atoms. The average molecular weight is 1110 g/mol. The molecular weight excluding hydrogens is 1040 g/mol. The van der Waals surface area contributed by atoms with Crippen molar-refractivity contribution in [3.63, 3.8) is 0 Å². The second-order valence-corrected chi connectivity index (χ2v) is 21.2. The van der Waals surface area contributed by atoms with Crippen LogP contribution >= 0.6 is 8.03 Å². The van der Waals surface area contributed by atoms with E-state index >= 15 is 4.57 Å². The van der Waals surface area contributed by atoms with Crippen LogP contribution in [-0.4, -0.2) is 139 Å². The summed E-state index contributed by atoms with van der Waals surface area (Å²) in [5.41, 5.74) is -0.125. The molecule has 1 saturated heterocycles. The number of nitrogens with one attached hydrogen (secondary N) is 1. The number of benzene rings is 5. The van der Waals surface area contributed by atoms with Crippen LogP contribution in [0.15, 0.2) is 146 Å². The molecule has 20 heteroatoms. The molecule has 8 rings (SSSR count). The molecule has 0 bridgehead atoms. The normalized spacial score (nSPS) is 17.6. The van der Waals surface area contributed by atoms with E-state index in [0.717, 1.165) is 16.7 Å². The first-order valence-corrected chi connectivity index (χ1v) is 27.7. The van der Waals surface area contributed by atoms with Crippen molar-refractivity contribution in [1.82, 2.24) is 29.5 Å². The van der Waals surface area contributed by atoms with Gasteiger partial charge >= 0.3 is 13.5 Å². The van der Waals surface area contributed by atoms with Crippen LogP contribution in [0.1, 0.15) is 78.9 Å². The number of hydroxylamine groups is 2. The molecule has 0 aliphatic carbocycles. The number of carbonyl (C=O) groups is 2. The van der Waals surface area contributed by atoms with E-state index in [2.05, 4.69) is 10.3 Å². The monoisotopic (exact) mass is 1110 g/mol. The van der Waals surface area contributed by atoms with Gasteiger partial charge in [0.2, 0.25) is 0 Å². The number of fused-ring (bicyclic) bond motifs is 1. The van der Waals surface area contributed by atoms with Gasteiger partial charge in [0.15, 0.2) is 23.1 Å². The predicted molar refractivity (Wildman–Crippen MR) is 302 cm³/mol. The van der Waals surface area contributed by atoms with Crippen molar-refractivity contribution in [2.45, 2.75) is 89.0 Å². The smallest absolute Gasteiger partial charge is 0.497 e. The van der Waals surface area contributed by atoms with Gasteiger partial charge in [-0.1, -0.05) is 72.8 Å². The van der Waals surface area contributed by atoms with E-state index in [1.165, 1.54) is 17.2 Å². The number of nitrogens with zero attached hydrogens (tertiary/aromatic N) is 6. The third-order valence-corrected chi connectivity index (χ3v) is 15.3. The highest BCUT2D eigenvalue weighted by atomic mass is 31.1. The van der Waals surface area contributed by atoms with Crippen molar-refractivity contribution in [3.8, 4) is 17.2 Å². The van der Waals surface area contributed by atoms with E-state index in [1.54, 1.807) is 81.9 Å². The summed E-state index contributed by atoms with van der Waals surface area (Å²) >= 11 is 0. The van der Waals surface area contributed by atoms with Crippen molar-refractivity contribution < 1.29 is 56.7 Å². The number of hydrogen-bond acceptors (Lipinski definition) is 16. The zero-order valence-electron chi connectivity index (χ0n) is 46.9. The Morgan fingerprint density at radius 3 is 1.80 bits per heavy atom. The number of rotatable bonds is 27. The van der Waals surface area contributed by atoms with Gasteiger partial charge in [0.1, 0.15) is 54.3 Å². The van der Waals surface area contributed by atoms with Crippen LogP contribution in [-0.2, 0) is 43.9 Å². The van der Waals surface area contributed by atoms with E-state index in [1.807, 2.05) is 132 Å². The number of methoxy groups -OCH3 is 4. The Balaban J connectivity index is 1.30. The maximum atomic E-state index is 16.2. The maximum absolute atomic E-state index is 16.2. The van der Waals surface area contributed by atoms with Crippen LogP contribution in [0.2, 0.25) is 0 Å². The number of carbonyl (C=O) groups excluding carboxylic acids is 2. The topological polar surface area (TPSA) is 196 Å². The molecule has 3 heterocycles. The SMILES string of the molecule is COCCO[C@@H]1[C@H](ON(C(C)C)C(C)C)[C@@H](COC(c2ccccc2)(c2ccc(OC)cc2)c2ccc(OC)cc2)O[C@]1(n1cnc2c(NC(=O)c3ccccc3)ncnc21)[P+](=O)OCCN(C(=O)c1ccc(OC)cc1)C(C)C. The highest BCUT2D eigenvalue weighted by Gasteiger charge is 2.73. The van der Waals surface area contributed by atoms with Crippen molar-refractivity contribution >= 4 is 36.8 Å². The molecule has 1 aliphatic rings. The van der Waals surface area contributed by atoms with Crippen LogP contribution in [0, 0.1) is 0 Å². The van der Waals surface area contributed by atoms with Crippen molar-refractivity contribution in [2.75, 3.05) is 66.7 Å². The molecule has 1 unspecified atom stereocenters. The molecule has 1 fully saturated rings. The molecule has 5 aromatic carbocycles. The van der Waals surface area contributed by atoms with Crippen LogP contribution in [0.4, 0.5) is 5.82 Å². The Hall–Kier alpha value is -7.19. The van der Waals surface area contributed by atoms with E-state index in [0.29, 0.717) is 28.4 Å². The zero-order valence-corrected chi connectivity index (χ0v) is 47.8. The largest absolute Gasteiger partial charge is 0.571 e. The summed E-state index contributed by atoms with van der Waals surface area (Å²) in [7, 11) is 3.20. The first-order valence-electron chi connectivity index (χ1n) is 26.5. The van der Waals surface area contributed by atoms with Gasteiger partial charge in [0, 0.05) is 42.9 Å². The fourth-order valence-corrected chi connectivity index (χ4v) is 11.3. The van der Waals surface area contributed by atoms with Crippen LogP contribution in [0.25, 0.3) is 11.2 Å². The molecule has 7 aromatic rings. The molecule has 2 amide bonds. The number of anilines is 1. The lowest BCUT2D eigenvalue weighted by molar-refractivity contribution is -0.263. The molecule has 422 valence electrons. The highest BCUT2D eigenvalue weighted by Crippen LogP contribution is 2.57. The first kappa shape index (κ1) is 58.9. The summed E-state index contributed by atoms with van der Waals surface area (Å²) in [6.07, 6.45) is -0.847. The summed E-state index contributed by atoms with van der Waals surface area (Å²) in [4.78, 5) is 50.6. The molecule has 1 aliphatic heterocycles. The minimum atomic E-state index is -3.13. The second-order valence-electron chi connectivity index (χ2n) is 19.8. The van der Waals surface area contributed by atoms with E-state index < -0.39 is 43.3 Å². The number of aromatic nitrogens is 4. The van der Waals surface area contributed by atoms with Gasteiger partial charge < -0.3 is 43.4 Å². The fraction of sp³-hybridized carbons (Fsp3) is 0.383. The minimum absolute atomic E-state index is 0.0185. The summed E-state index contributed by atoms with van der Waals surface area (Å²) < 4.78 is 68.4. The summed E-state index contributed by atoms with van der Waals surface area (Å²) in [6.45, 7) is 11.5. The van der Waals surface area contributed by atoms with Crippen LogP contribution < -0.4 is 19.5 Å². The lowest BCUT2D eigenvalue weighted by Gasteiger charge is -2.38. The summed E-state index contributed by atoms with van der Waals surface area (Å²) in [5.74, 6) is 1.27. The lowest BCUT2D eigenvalue weighted by Crippen LogP contribution is -2.51. The minimum Gasteiger partial charge on any atom is -0.497 e. The number of amides is 2. The Labute approximate surface area is 468 Å². The Morgan fingerprint density at radius 2 is 1.25 bits per heavy atom. The first-order chi connectivity index (χ1) is 38.7. The number of imidazole rings is 1. The van der Waals surface area contributed by atoms with Gasteiger partial charge in [-0.2, -0.15) is 5.06 Å². The van der Waals surface area contributed by atoms with Crippen LogP contribution in [0.5, 0.6) is 17.2 Å². The van der Waals surface area contributed by atoms with Crippen LogP contribution in [0.3, 0.4) is 0 Å². The fourth-order valence-electron chi connectivity index (χ4n) is 9.91. The van der Waals surface area contributed by atoms with E-state index in [9.17, 15) is 9.59 Å². The quantitative estimate of drug-likeness (QED) is 0.0221. The lowest BCUT2D eigenvalue weighted by atomic mass is 9.80. The van der Waals surface area contributed by atoms with Crippen molar-refractivity contribution in [1.29, 1.82) is 0 Å². The van der Waals surface area contributed by atoms with Crippen molar-refractivity contribution in [2.24, 2.45) is 0 Å². The van der Waals surface area contributed by atoms with Gasteiger partial charge in [-0.3, -0.25) is 14.4 Å². The Morgan fingerprint density at radius 1 is 0.688 bits per heavy atom. The third kappa shape index (κ3) is 12.6. The van der Waals surface area contributed by atoms with Gasteiger partial charge in [-0.15, -0.1) is 4.52 Å². The Bertz CT molecular complexity index is 3080. The second kappa shape index (κ2) is 26.8. The molecular formula is C60H71N7O12P+. The zero-order chi connectivity index (χ0) is 57.0. The highest BCUT2D eigenvalue weighted by molar-refractivity contribution is 7.40. The van der Waals surface area contributed by atoms with E-state index in [4.69, 9.17) is 52.5 Å².